The van der Waals surface area contributed by atoms with Gasteiger partial charge in [-0.05, 0) is 158 Å². The van der Waals surface area contributed by atoms with E-state index in [-0.39, 0.29) is 69.7 Å². The molecule has 7 fully saturated rings. The van der Waals surface area contributed by atoms with Crippen LogP contribution in [0.25, 0.3) is 0 Å². The lowest BCUT2D eigenvalue weighted by Crippen LogP contribution is -2.47. The molecule has 1 aliphatic carbocycles. The van der Waals surface area contributed by atoms with Crippen LogP contribution in [0.3, 0.4) is 0 Å². The van der Waals surface area contributed by atoms with E-state index >= 15 is 0 Å². The summed E-state index contributed by atoms with van der Waals surface area (Å²) in [5.74, 6) is 7.16. The quantitative estimate of drug-likeness (QED) is 0.0555. The Bertz CT molecular complexity index is 5380. The van der Waals surface area contributed by atoms with Gasteiger partial charge in [-0.15, -0.1) is 0 Å². The fourth-order valence-corrected chi connectivity index (χ4v) is 22.1. The van der Waals surface area contributed by atoms with Gasteiger partial charge >= 0.3 is 6.18 Å². The molecule has 1 saturated carbocycles. The third kappa shape index (κ3) is 31.8. The molecule has 6 amide bonds. The molecule has 0 atom stereocenters. The second kappa shape index (κ2) is 51.9. The van der Waals surface area contributed by atoms with E-state index in [0.717, 1.165) is 269 Å². The van der Waals surface area contributed by atoms with Crippen LogP contribution >= 0.6 is 11.6 Å². The van der Waals surface area contributed by atoms with Gasteiger partial charge in [0.1, 0.15) is 39.3 Å². The number of aromatic nitrogens is 1. The van der Waals surface area contributed by atoms with E-state index in [9.17, 15) is 41.9 Å². The first-order chi connectivity index (χ1) is 71.6. The SMILES string of the molecule is CC(C)CCC(=O)N1CCC2(CC1)CC(C1CCCCC1)=NO2.CC(C)CCC(=O)N1CCC2(CC1)CC(c1ccc(C(C)(C)C)cc1)=NO2.CC(C)CCC(=O)N1CCC2(CC1)CC(c1ccc(C(F)(F)F)cc1)=NO2.CC(C)CCC(=O)N1CCC2(CC1)CC(c1ccc3c(c1)OCO3)=NO2.CC(C)CCC(=O)N1CCC2(CC1)CC(c1ccccc1Cl)=NO2.CC(C)CCC(=O)N1CCC2(CC1)CC(c1ccccn1)=NO2. The largest absolute Gasteiger partial charge is 0.454 e. The first-order valence-corrected chi connectivity index (χ1v) is 56.5. The summed E-state index contributed by atoms with van der Waals surface area (Å²) in [4.78, 5) is 125. The van der Waals surface area contributed by atoms with Crippen molar-refractivity contribution in [1.82, 2.24) is 34.4 Å². The van der Waals surface area contributed by atoms with Crippen LogP contribution < -0.4 is 9.47 Å². The second-order valence-electron chi connectivity index (χ2n) is 47.9. The lowest BCUT2D eigenvalue weighted by atomic mass is 9.79. The number of halogens is 4. The summed E-state index contributed by atoms with van der Waals surface area (Å²) in [6.07, 6.45) is 28.4. The lowest BCUT2D eigenvalue weighted by Gasteiger charge is -2.37. The van der Waals surface area contributed by atoms with E-state index in [1.807, 2.05) is 90.1 Å². The average molecular weight is 2100 g/mol. The van der Waals surface area contributed by atoms with Crippen molar-refractivity contribution in [2.45, 2.75) is 374 Å². The van der Waals surface area contributed by atoms with Crippen molar-refractivity contribution in [2.75, 3.05) is 85.3 Å². The number of fused-ring (bicyclic) bond motifs is 1. The van der Waals surface area contributed by atoms with Crippen LogP contribution in [-0.4, -0.2) is 223 Å². The van der Waals surface area contributed by atoms with Gasteiger partial charge in [-0.25, -0.2) is 0 Å². The van der Waals surface area contributed by atoms with Gasteiger partial charge in [0.25, 0.3) is 0 Å². The number of amides is 6. The van der Waals surface area contributed by atoms with Gasteiger partial charge in [0.15, 0.2) is 11.5 Å². The number of oxime groups is 6. The Balaban J connectivity index is 0.000000142. The molecule has 5 aromatic rings. The van der Waals surface area contributed by atoms with Crippen LogP contribution in [0.2, 0.25) is 5.02 Å². The molecule has 0 radical (unpaired) electrons. The minimum absolute atomic E-state index is 0.0956. The van der Waals surface area contributed by atoms with Crippen LogP contribution in [0.1, 0.15) is 368 Å². The van der Waals surface area contributed by atoms with Gasteiger partial charge in [0.05, 0.1) is 39.8 Å². The Labute approximate surface area is 893 Å². The van der Waals surface area contributed by atoms with Crippen LogP contribution in [0.5, 0.6) is 11.5 Å². The van der Waals surface area contributed by atoms with Crippen molar-refractivity contribution in [3.8, 4) is 11.5 Å². The molecule has 27 nitrogen and oxygen atoms in total. The van der Waals surface area contributed by atoms with E-state index in [0.29, 0.717) is 135 Å². The fourth-order valence-electron chi connectivity index (χ4n) is 21.9. The number of nitrogens with zero attached hydrogens (tertiary/aromatic N) is 13. The summed E-state index contributed by atoms with van der Waals surface area (Å²) in [5, 5.41) is 26.7. The Morgan fingerprint density at radius 3 is 0.987 bits per heavy atom. The summed E-state index contributed by atoms with van der Waals surface area (Å²) < 4.78 is 48.9. The zero-order chi connectivity index (χ0) is 107. The number of alkyl halides is 3. The molecule has 820 valence electrons. The van der Waals surface area contributed by atoms with Crippen molar-refractivity contribution in [3.05, 3.63) is 159 Å². The Hall–Kier alpha value is -10.7. The van der Waals surface area contributed by atoms with Crippen molar-refractivity contribution in [3.63, 3.8) is 0 Å². The molecule has 13 aliphatic heterocycles. The monoisotopic (exact) mass is 2090 g/mol. The van der Waals surface area contributed by atoms with Crippen molar-refractivity contribution in [2.24, 2.45) is 72.4 Å². The molecule has 6 saturated heterocycles. The Morgan fingerprint density at radius 2 is 0.647 bits per heavy atom. The topological polar surface area (TPSA) is 283 Å². The molecule has 19 rings (SSSR count). The smallest absolute Gasteiger partial charge is 0.416 e. The second-order valence-corrected chi connectivity index (χ2v) is 48.3. The molecule has 31 heteroatoms. The highest BCUT2D eigenvalue weighted by Crippen LogP contribution is 2.46. The molecule has 1 aromatic heterocycles. The number of ether oxygens (including phenoxy) is 2. The summed E-state index contributed by atoms with van der Waals surface area (Å²) in [6, 6.07) is 33.2. The predicted octanol–water partition coefficient (Wildman–Crippen LogP) is 24.3. The highest BCUT2D eigenvalue weighted by atomic mass is 35.5. The maximum atomic E-state index is 12.7. The third-order valence-corrected chi connectivity index (χ3v) is 32.7. The van der Waals surface area contributed by atoms with Gasteiger partial charge in [-0.1, -0.05) is 226 Å². The van der Waals surface area contributed by atoms with E-state index in [2.05, 4.69) is 164 Å². The van der Waals surface area contributed by atoms with Gasteiger partial charge in [-0.2, -0.15) is 13.2 Å². The van der Waals surface area contributed by atoms with Crippen molar-refractivity contribution < 1.29 is 80.4 Å². The molecular formula is C119H167ClF3N13O14. The summed E-state index contributed by atoms with van der Waals surface area (Å²) in [5.41, 5.74) is 9.76. The molecule has 0 N–H and O–H groups in total. The van der Waals surface area contributed by atoms with Crippen molar-refractivity contribution in [1.29, 1.82) is 0 Å². The molecule has 6 spiro atoms. The van der Waals surface area contributed by atoms with Gasteiger partial charge in [0, 0.05) is 261 Å². The summed E-state index contributed by atoms with van der Waals surface area (Å²) in [6.45, 7) is 41.8. The number of pyridine rings is 1. The zero-order valence-corrected chi connectivity index (χ0v) is 92.7. The zero-order valence-electron chi connectivity index (χ0n) is 92.0. The highest BCUT2D eigenvalue weighted by Gasteiger charge is 2.51. The number of carbonyl (C=O) groups is 6. The highest BCUT2D eigenvalue weighted by molar-refractivity contribution is 6.34. The van der Waals surface area contributed by atoms with E-state index in [1.165, 1.54) is 55.5 Å². The van der Waals surface area contributed by atoms with Gasteiger partial charge in [0.2, 0.25) is 42.2 Å². The van der Waals surface area contributed by atoms with Crippen molar-refractivity contribution >= 4 is 81.3 Å². The number of piperidine rings is 6. The molecule has 0 unspecified atom stereocenters. The fraction of sp³-hybridized carbons (Fsp3) is 0.655. The number of rotatable bonds is 24. The Kier molecular flexibility index (Phi) is 39.7. The lowest BCUT2D eigenvalue weighted by molar-refractivity contribution is -0.138. The number of hydrogen-bond acceptors (Lipinski definition) is 21. The molecule has 4 aromatic carbocycles. The minimum Gasteiger partial charge on any atom is -0.454 e. The van der Waals surface area contributed by atoms with Crippen LogP contribution in [0, 0.1) is 41.4 Å². The predicted molar refractivity (Wildman–Crippen MR) is 581 cm³/mol. The van der Waals surface area contributed by atoms with E-state index in [4.69, 9.17) is 50.1 Å². The van der Waals surface area contributed by atoms with Gasteiger partial charge < -0.3 is 67.9 Å². The molecule has 150 heavy (non-hydrogen) atoms. The van der Waals surface area contributed by atoms with Crippen LogP contribution in [-0.2, 0) is 69.4 Å². The standard InChI is InChI=1S/C23H34N2O2.C20H25F3N2O2.C20H26N2O4.C19H25ClN2O2.C19H32N2O2.C18H25N3O2/c1-17(2)6-11-21(26)25-14-12-23(13-15-25)16-20(24-27-23)18-7-9-19(10-8-18)22(3,4)5;1-14(2)3-8-18(26)25-11-9-19(10-12-25)13-17(24-27-19)15-4-6-16(7-5-15)20(21,22)23;1-14(2)3-6-19(23)22-9-7-20(8-10-22)12-16(21-26-20)15-4-5-17-18(11-15)25-13-24-17;1-14(2)7-8-18(23)22-11-9-19(10-12-22)13-17(21-24-19)15-5-3-4-6-16(15)20;1-15(2)8-9-18(22)21-12-10-19(11-13-21)14-17(20-23-19)16-6-4-3-5-7-16;1-14(2)6-7-17(22)21-11-8-18(9-12-21)13-16(20-23-18)15-5-3-4-10-19-15/h7-10,17H,6,11-16H2,1-5H3;4-7,14H,3,8-13H2,1-2H3;4-5,11,14H,3,6-10,12-13H2,1-2H3;3-6,14H,7-13H2,1-2H3;15-16H,3-14H2,1-2H3;3-5,10,14H,6-9,11-13H2,1-2H3. The molecule has 14 aliphatic rings. The van der Waals surface area contributed by atoms with E-state index < -0.39 is 17.3 Å². The maximum absolute atomic E-state index is 12.7. The number of likely N-dealkylation sites (tertiary alicyclic amines) is 6. The Morgan fingerprint density at radius 1 is 0.347 bits per heavy atom. The van der Waals surface area contributed by atoms with Crippen LogP contribution in [0.15, 0.2) is 146 Å². The van der Waals surface area contributed by atoms with E-state index in [1.54, 1.807) is 6.20 Å². The number of carbonyl (C=O) groups excluding carboxylic acids is 6. The maximum Gasteiger partial charge on any atom is 0.416 e. The summed E-state index contributed by atoms with van der Waals surface area (Å²) >= 11 is 6.27. The van der Waals surface area contributed by atoms with Gasteiger partial charge in [-0.3, -0.25) is 33.8 Å². The first kappa shape index (κ1) is 115. The summed E-state index contributed by atoms with van der Waals surface area (Å²) in [7, 11) is 0. The number of hydrogen-bond donors (Lipinski definition) is 0. The third-order valence-electron chi connectivity index (χ3n) is 32.4. The molecular weight excluding hydrogens is 1930 g/mol. The first-order valence-electron chi connectivity index (χ1n) is 56.1. The molecule has 14 heterocycles. The minimum atomic E-state index is -4.34. The average Bonchev–Trinajstić information content (AvgIpc) is 1.65. The number of benzene rings is 4. The normalized spacial score (nSPS) is 20.5. The van der Waals surface area contributed by atoms with Crippen LogP contribution in [0.4, 0.5) is 13.2 Å². The molecule has 0 bridgehead atoms.